The molecule has 4 nitrogen and oxygen atoms in total. The van der Waals surface area contributed by atoms with E-state index in [1.54, 1.807) is 30.1 Å². The Labute approximate surface area is 133 Å². The average molecular weight is 321 g/mol. The minimum absolute atomic E-state index is 0.124. The number of nitrogens with two attached hydrogens (primary N) is 1. The SMILES string of the molecule is CN(CC(C)(C)CN)C(=O)c1cnc(-c2ccccc2F)s1. The van der Waals surface area contributed by atoms with Gasteiger partial charge in [0.05, 0.1) is 6.20 Å². The molecule has 0 spiro atoms. The van der Waals surface area contributed by atoms with Crippen molar-refractivity contribution in [2.24, 2.45) is 11.1 Å². The molecule has 1 aromatic heterocycles. The Morgan fingerprint density at radius 3 is 2.73 bits per heavy atom. The van der Waals surface area contributed by atoms with E-state index in [1.165, 1.54) is 23.6 Å². The van der Waals surface area contributed by atoms with Crippen LogP contribution in [-0.4, -0.2) is 35.9 Å². The first kappa shape index (κ1) is 16.6. The molecule has 6 heteroatoms. The zero-order valence-electron chi connectivity index (χ0n) is 13.0. The second-order valence-corrected chi connectivity index (χ2v) is 7.07. The molecule has 1 amide bonds. The second kappa shape index (κ2) is 6.54. The summed E-state index contributed by atoms with van der Waals surface area (Å²) in [5.41, 5.74) is 5.96. The van der Waals surface area contributed by atoms with Crippen LogP contribution < -0.4 is 5.73 Å². The van der Waals surface area contributed by atoms with Crippen molar-refractivity contribution < 1.29 is 9.18 Å². The number of amides is 1. The standard InChI is InChI=1S/C16H20FN3OS/c1-16(2,9-18)10-20(3)15(21)13-8-19-14(22-13)11-6-4-5-7-12(11)17/h4-8H,9-10,18H2,1-3H3. The number of carbonyl (C=O) groups excluding carboxylic acids is 1. The Balaban J connectivity index is 2.18. The first-order valence-corrected chi connectivity index (χ1v) is 7.82. The monoisotopic (exact) mass is 321 g/mol. The number of rotatable bonds is 5. The topological polar surface area (TPSA) is 59.2 Å². The van der Waals surface area contributed by atoms with Crippen molar-refractivity contribution in [3.63, 3.8) is 0 Å². The van der Waals surface area contributed by atoms with Gasteiger partial charge in [0.2, 0.25) is 0 Å². The zero-order valence-corrected chi connectivity index (χ0v) is 13.8. The predicted molar refractivity (Wildman–Crippen MR) is 87.3 cm³/mol. The van der Waals surface area contributed by atoms with Crippen LogP contribution >= 0.6 is 11.3 Å². The smallest absolute Gasteiger partial charge is 0.265 e. The molecule has 118 valence electrons. The molecular weight excluding hydrogens is 301 g/mol. The third-order valence-electron chi connectivity index (χ3n) is 3.39. The molecule has 0 aliphatic carbocycles. The quantitative estimate of drug-likeness (QED) is 0.921. The van der Waals surface area contributed by atoms with E-state index in [9.17, 15) is 9.18 Å². The van der Waals surface area contributed by atoms with E-state index in [2.05, 4.69) is 4.98 Å². The van der Waals surface area contributed by atoms with Gasteiger partial charge in [0.15, 0.2) is 0 Å². The summed E-state index contributed by atoms with van der Waals surface area (Å²) in [7, 11) is 1.74. The van der Waals surface area contributed by atoms with Gasteiger partial charge >= 0.3 is 0 Å². The molecule has 0 radical (unpaired) electrons. The Bertz CT molecular complexity index is 669. The maximum absolute atomic E-state index is 13.8. The van der Waals surface area contributed by atoms with Crippen LogP contribution in [0.2, 0.25) is 0 Å². The molecule has 2 rings (SSSR count). The number of nitrogens with zero attached hydrogens (tertiary/aromatic N) is 2. The van der Waals surface area contributed by atoms with E-state index in [-0.39, 0.29) is 17.1 Å². The maximum Gasteiger partial charge on any atom is 0.265 e. The average Bonchev–Trinajstić information content (AvgIpc) is 2.96. The van der Waals surface area contributed by atoms with Gasteiger partial charge < -0.3 is 10.6 Å². The van der Waals surface area contributed by atoms with Crippen LogP contribution in [0.4, 0.5) is 4.39 Å². The predicted octanol–water partition coefficient (Wildman–Crippen LogP) is 3.01. The fraction of sp³-hybridized carbons (Fsp3) is 0.375. The Morgan fingerprint density at radius 2 is 2.09 bits per heavy atom. The summed E-state index contributed by atoms with van der Waals surface area (Å²) >= 11 is 1.20. The highest BCUT2D eigenvalue weighted by Crippen LogP contribution is 2.28. The fourth-order valence-corrected chi connectivity index (χ4v) is 3.04. The molecule has 0 atom stereocenters. The zero-order chi connectivity index (χ0) is 16.3. The molecule has 0 saturated carbocycles. The van der Waals surface area contributed by atoms with Crippen LogP contribution in [0.15, 0.2) is 30.5 Å². The van der Waals surface area contributed by atoms with E-state index in [1.807, 2.05) is 13.8 Å². The molecule has 0 aliphatic heterocycles. The summed E-state index contributed by atoms with van der Waals surface area (Å²) in [6, 6.07) is 6.41. The largest absolute Gasteiger partial charge is 0.340 e. The Morgan fingerprint density at radius 1 is 1.41 bits per heavy atom. The van der Waals surface area contributed by atoms with Crippen molar-refractivity contribution in [2.75, 3.05) is 20.1 Å². The fourth-order valence-electron chi connectivity index (χ4n) is 2.10. The van der Waals surface area contributed by atoms with Crippen LogP contribution in [0.3, 0.4) is 0 Å². The highest BCUT2D eigenvalue weighted by atomic mass is 32.1. The lowest BCUT2D eigenvalue weighted by atomic mass is 9.93. The molecule has 0 bridgehead atoms. The molecule has 0 fully saturated rings. The minimum atomic E-state index is -0.339. The second-order valence-electron chi connectivity index (χ2n) is 6.04. The van der Waals surface area contributed by atoms with Crippen LogP contribution in [0.25, 0.3) is 10.6 Å². The number of hydrogen-bond acceptors (Lipinski definition) is 4. The van der Waals surface area contributed by atoms with Crippen molar-refractivity contribution >= 4 is 17.2 Å². The number of halogens is 1. The summed E-state index contributed by atoms with van der Waals surface area (Å²) in [6.07, 6.45) is 1.50. The van der Waals surface area contributed by atoms with Crippen LogP contribution in [0.5, 0.6) is 0 Å². The van der Waals surface area contributed by atoms with Gasteiger partial charge in [-0.1, -0.05) is 26.0 Å². The molecule has 0 saturated heterocycles. The molecule has 0 unspecified atom stereocenters. The van der Waals surface area contributed by atoms with Gasteiger partial charge in [-0.3, -0.25) is 4.79 Å². The van der Waals surface area contributed by atoms with Gasteiger partial charge in [0.25, 0.3) is 5.91 Å². The van der Waals surface area contributed by atoms with Crippen LogP contribution in [0, 0.1) is 11.2 Å². The van der Waals surface area contributed by atoms with E-state index in [0.29, 0.717) is 28.5 Å². The first-order valence-electron chi connectivity index (χ1n) is 7.00. The molecule has 2 aromatic rings. The molecule has 1 aromatic carbocycles. The van der Waals surface area contributed by atoms with Crippen molar-refractivity contribution in [3.05, 3.63) is 41.2 Å². The van der Waals surface area contributed by atoms with E-state index in [4.69, 9.17) is 5.73 Å². The summed E-state index contributed by atoms with van der Waals surface area (Å²) in [5.74, 6) is -0.463. The number of thiazole rings is 1. The van der Waals surface area contributed by atoms with Gasteiger partial charge in [-0.2, -0.15) is 0 Å². The van der Waals surface area contributed by atoms with Crippen LogP contribution in [-0.2, 0) is 0 Å². The molecule has 2 N–H and O–H groups in total. The van der Waals surface area contributed by atoms with E-state index >= 15 is 0 Å². The van der Waals surface area contributed by atoms with Crippen LogP contribution in [0.1, 0.15) is 23.5 Å². The summed E-state index contributed by atoms with van der Waals surface area (Å²) < 4.78 is 13.8. The number of benzene rings is 1. The summed E-state index contributed by atoms with van der Waals surface area (Å²) in [6.45, 7) is 5.06. The number of aromatic nitrogens is 1. The molecule has 22 heavy (non-hydrogen) atoms. The van der Waals surface area contributed by atoms with Gasteiger partial charge in [-0.05, 0) is 24.1 Å². The number of hydrogen-bond donors (Lipinski definition) is 1. The summed E-state index contributed by atoms with van der Waals surface area (Å²) in [4.78, 5) is 18.7. The lowest BCUT2D eigenvalue weighted by Crippen LogP contribution is -2.39. The van der Waals surface area contributed by atoms with E-state index < -0.39 is 0 Å². The van der Waals surface area contributed by atoms with Gasteiger partial charge in [0.1, 0.15) is 15.7 Å². The first-order chi connectivity index (χ1) is 10.3. The van der Waals surface area contributed by atoms with Gasteiger partial charge in [-0.15, -0.1) is 11.3 Å². The van der Waals surface area contributed by atoms with Gasteiger partial charge in [0, 0.05) is 19.2 Å². The highest BCUT2D eigenvalue weighted by Gasteiger charge is 2.23. The Hall–Kier alpha value is -1.79. The number of carbonyl (C=O) groups is 1. The van der Waals surface area contributed by atoms with Crippen molar-refractivity contribution in [3.8, 4) is 10.6 Å². The molecule has 1 heterocycles. The third kappa shape index (κ3) is 3.69. The molecular formula is C16H20FN3OS. The lowest BCUT2D eigenvalue weighted by molar-refractivity contribution is 0.0745. The lowest BCUT2D eigenvalue weighted by Gasteiger charge is -2.28. The van der Waals surface area contributed by atoms with Crippen molar-refractivity contribution in [1.29, 1.82) is 0 Å². The Kier molecular flexibility index (Phi) is 4.93. The minimum Gasteiger partial charge on any atom is -0.340 e. The molecule has 0 aliphatic rings. The van der Waals surface area contributed by atoms with E-state index in [0.717, 1.165) is 0 Å². The third-order valence-corrected chi connectivity index (χ3v) is 4.40. The maximum atomic E-state index is 13.8. The van der Waals surface area contributed by atoms with Crippen molar-refractivity contribution in [1.82, 2.24) is 9.88 Å². The normalized spacial score (nSPS) is 11.5. The van der Waals surface area contributed by atoms with Crippen molar-refractivity contribution in [2.45, 2.75) is 13.8 Å². The summed E-state index contributed by atoms with van der Waals surface area (Å²) in [5, 5.41) is 0.507. The highest BCUT2D eigenvalue weighted by molar-refractivity contribution is 7.16. The van der Waals surface area contributed by atoms with Gasteiger partial charge in [-0.25, -0.2) is 9.37 Å².